The van der Waals surface area contributed by atoms with Crippen molar-refractivity contribution >= 4 is 17.5 Å². The average Bonchev–Trinajstić information content (AvgIpc) is 2.66. The number of hydrogen-bond donors (Lipinski definition) is 2. The minimum atomic E-state index is -4.85. The highest BCUT2D eigenvalue weighted by molar-refractivity contribution is 5.68. The number of hydrogen-bond acceptors (Lipinski definition) is 5. The zero-order valence-electron chi connectivity index (χ0n) is 16.0. The van der Waals surface area contributed by atoms with Crippen LogP contribution in [0.4, 0.5) is 43.8 Å². The van der Waals surface area contributed by atoms with E-state index in [2.05, 4.69) is 25.3 Å². The summed E-state index contributed by atoms with van der Waals surface area (Å²) in [6, 6.07) is 11.1. The number of halogens is 6. The van der Waals surface area contributed by atoms with Crippen LogP contribution in [0.1, 0.15) is 12.5 Å². The van der Waals surface area contributed by atoms with E-state index in [1.54, 1.807) is 6.92 Å². The van der Waals surface area contributed by atoms with Crippen molar-refractivity contribution in [2.24, 2.45) is 0 Å². The fourth-order valence-electron chi connectivity index (χ4n) is 2.67. The summed E-state index contributed by atoms with van der Waals surface area (Å²) in [4.78, 5) is 8.44. The van der Waals surface area contributed by atoms with Gasteiger partial charge in [0.05, 0.1) is 11.3 Å². The van der Waals surface area contributed by atoms with Crippen LogP contribution in [0.3, 0.4) is 0 Å². The lowest BCUT2D eigenvalue weighted by Gasteiger charge is -2.13. The van der Waals surface area contributed by atoms with Crippen molar-refractivity contribution in [3.63, 3.8) is 0 Å². The monoisotopic (exact) mass is 442 g/mol. The van der Waals surface area contributed by atoms with Crippen LogP contribution in [0.5, 0.6) is 5.75 Å². The second kappa shape index (κ2) is 8.70. The average molecular weight is 442 g/mol. The van der Waals surface area contributed by atoms with Crippen molar-refractivity contribution in [3.05, 3.63) is 60.2 Å². The van der Waals surface area contributed by atoms with E-state index in [0.717, 1.165) is 24.3 Å². The maximum absolute atomic E-state index is 13.0. The standard InChI is InChI=1S/C20H16F6N4O/c1-2-27-18-29-16(12-5-3-8-15(9-12)31-20(24,25)26)11-17(30-18)28-14-7-4-6-13(10-14)19(21,22)23/h3-11H,2H2,1H3,(H2,27,28,29,30). The predicted molar refractivity (Wildman–Crippen MR) is 103 cm³/mol. The van der Waals surface area contributed by atoms with Crippen molar-refractivity contribution < 1.29 is 31.1 Å². The summed E-state index contributed by atoms with van der Waals surface area (Å²) in [5.74, 6) is -0.125. The summed E-state index contributed by atoms with van der Waals surface area (Å²) >= 11 is 0. The Morgan fingerprint density at radius 1 is 0.903 bits per heavy atom. The number of aromatic nitrogens is 2. The summed E-state index contributed by atoms with van der Waals surface area (Å²) in [7, 11) is 0. The van der Waals surface area contributed by atoms with Crippen LogP contribution < -0.4 is 15.4 Å². The van der Waals surface area contributed by atoms with E-state index in [1.807, 2.05) is 0 Å². The molecule has 0 bridgehead atoms. The van der Waals surface area contributed by atoms with E-state index < -0.39 is 23.9 Å². The molecule has 0 saturated heterocycles. The molecule has 2 N–H and O–H groups in total. The zero-order chi connectivity index (χ0) is 22.6. The first-order valence-electron chi connectivity index (χ1n) is 8.97. The molecule has 0 amide bonds. The Morgan fingerprint density at radius 2 is 1.65 bits per heavy atom. The molecule has 3 rings (SSSR count). The molecule has 11 heteroatoms. The number of ether oxygens (including phenoxy) is 1. The van der Waals surface area contributed by atoms with Crippen LogP contribution in [0, 0.1) is 0 Å². The van der Waals surface area contributed by atoms with Crippen LogP contribution in [0.25, 0.3) is 11.3 Å². The molecule has 0 aliphatic carbocycles. The first-order valence-corrected chi connectivity index (χ1v) is 8.97. The minimum absolute atomic E-state index is 0.135. The van der Waals surface area contributed by atoms with Gasteiger partial charge in [-0.1, -0.05) is 18.2 Å². The second-order valence-corrected chi connectivity index (χ2v) is 6.27. The second-order valence-electron chi connectivity index (χ2n) is 6.27. The highest BCUT2D eigenvalue weighted by Gasteiger charge is 2.31. The Hall–Kier alpha value is -3.50. The Labute approximate surface area is 173 Å². The van der Waals surface area contributed by atoms with E-state index in [1.165, 1.54) is 30.3 Å². The molecule has 0 spiro atoms. The summed E-state index contributed by atoms with van der Waals surface area (Å²) in [6.07, 6.45) is -9.36. The highest BCUT2D eigenvalue weighted by atomic mass is 19.4. The third kappa shape index (κ3) is 6.24. The fourth-order valence-corrected chi connectivity index (χ4v) is 2.67. The number of nitrogens with one attached hydrogen (secondary N) is 2. The van der Waals surface area contributed by atoms with Gasteiger partial charge in [0.15, 0.2) is 0 Å². The smallest absolute Gasteiger partial charge is 0.406 e. The third-order valence-corrected chi connectivity index (χ3v) is 3.89. The molecule has 0 saturated carbocycles. The van der Waals surface area contributed by atoms with Crippen molar-refractivity contribution in [2.75, 3.05) is 17.2 Å². The summed E-state index contributed by atoms with van der Waals surface area (Å²) in [6.45, 7) is 2.23. The molecule has 0 fully saturated rings. The molecule has 2 aromatic carbocycles. The lowest BCUT2D eigenvalue weighted by molar-refractivity contribution is -0.274. The lowest BCUT2D eigenvalue weighted by atomic mass is 10.1. The molecule has 164 valence electrons. The maximum atomic E-state index is 13.0. The summed E-state index contributed by atoms with van der Waals surface area (Å²) < 4.78 is 80.3. The van der Waals surface area contributed by atoms with Gasteiger partial charge in [0.2, 0.25) is 5.95 Å². The molecular formula is C20H16F6N4O. The van der Waals surface area contributed by atoms with E-state index >= 15 is 0 Å². The Kier molecular flexibility index (Phi) is 6.23. The van der Waals surface area contributed by atoms with Gasteiger partial charge in [0.1, 0.15) is 11.6 Å². The molecule has 31 heavy (non-hydrogen) atoms. The quantitative estimate of drug-likeness (QED) is 0.443. The molecule has 0 atom stereocenters. The third-order valence-electron chi connectivity index (χ3n) is 3.89. The molecule has 0 aliphatic rings. The number of rotatable bonds is 6. The minimum Gasteiger partial charge on any atom is -0.406 e. The summed E-state index contributed by atoms with van der Waals surface area (Å²) in [5, 5.41) is 5.65. The van der Waals surface area contributed by atoms with Crippen LogP contribution in [-0.2, 0) is 6.18 Å². The lowest BCUT2D eigenvalue weighted by Crippen LogP contribution is -2.17. The first kappa shape index (κ1) is 22.2. The largest absolute Gasteiger partial charge is 0.573 e. The topological polar surface area (TPSA) is 59.1 Å². The summed E-state index contributed by atoms with van der Waals surface area (Å²) in [5.41, 5.74) is -0.157. The van der Waals surface area contributed by atoms with Gasteiger partial charge in [0.25, 0.3) is 0 Å². The van der Waals surface area contributed by atoms with Crippen LogP contribution in [0.2, 0.25) is 0 Å². The molecule has 0 aliphatic heterocycles. The molecule has 1 aromatic heterocycles. The van der Waals surface area contributed by atoms with Gasteiger partial charge in [-0.05, 0) is 37.3 Å². The van der Waals surface area contributed by atoms with Gasteiger partial charge in [-0.2, -0.15) is 18.2 Å². The van der Waals surface area contributed by atoms with Crippen LogP contribution in [-0.4, -0.2) is 22.9 Å². The number of nitrogens with zero attached hydrogens (tertiary/aromatic N) is 2. The van der Waals surface area contributed by atoms with Crippen LogP contribution >= 0.6 is 0 Å². The van der Waals surface area contributed by atoms with Gasteiger partial charge >= 0.3 is 12.5 Å². The molecule has 1 heterocycles. The van der Waals surface area contributed by atoms with Gasteiger partial charge in [-0.15, -0.1) is 13.2 Å². The Balaban J connectivity index is 1.96. The van der Waals surface area contributed by atoms with Crippen molar-refractivity contribution in [1.29, 1.82) is 0 Å². The predicted octanol–water partition coefficient (Wildman–Crippen LogP) is 6.24. The first-order chi connectivity index (χ1) is 14.5. The molecule has 0 unspecified atom stereocenters. The van der Waals surface area contributed by atoms with E-state index in [-0.39, 0.29) is 23.1 Å². The van der Waals surface area contributed by atoms with Gasteiger partial charge in [-0.25, -0.2) is 4.98 Å². The number of alkyl halides is 6. The number of anilines is 3. The van der Waals surface area contributed by atoms with Crippen molar-refractivity contribution in [1.82, 2.24) is 9.97 Å². The van der Waals surface area contributed by atoms with Gasteiger partial charge in [0, 0.05) is 23.9 Å². The van der Waals surface area contributed by atoms with Crippen LogP contribution in [0.15, 0.2) is 54.6 Å². The van der Waals surface area contributed by atoms with Gasteiger partial charge < -0.3 is 15.4 Å². The SMILES string of the molecule is CCNc1nc(Nc2cccc(C(F)(F)F)c2)cc(-c2cccc(OC(F)(F)F)c2)n1. The zero-order valence-corrected chi connectivity index (χ0v) is 16.0. The van der Waals surface area contributed by atoms with Gasteiger partial charge in [-0.3, -0.25) is 0 Å². The molecular weight excluding hydrogens is 426 g/mol. The molecule has 5 nitrogen and oxygen atoms in total. The molecule has 0 radical (unpaired) electrons. The maximum Gasteiger partial charge on any atom is 0.573 e. The highest BCUT2D eigenvalue weighted by Crippen LogP contribution is 2.32. The van der Waals surface area contributed by atoms with Crippen molar-refractivity contribution in [2.45, 2.75) is 19.5 Å². The van der Waals surface area contributed by atoms with Crippen molar-refractivity contribution in [3.8, 4) is 17.0 Å². The van der Waals surface area contributed by atoms with E-state index in [0.29, 0.717) is 12.1 Å². The Bertz CT molecular complexity index is 1050. The normalized spacial score (nSPS) is 11.8. The Morgan fingerprint density at radius 3 is 2.32 bits per heavy atom. The van der Waals surface area contributed by atoms with E-state index in [9.17, 15) is 26.3 Å². The molecule has 3 aromatic rings. The fraction of sp³-hybridized carbons (Fsp3) is 0.200. The number of benzene rings is 2. The van der Waals surface area contributed by atoms with E-state index in [4.69, 9.17) is 0 Å².